The first kappa shape index (κ1) is 25.0. The van der Waals surface area contributed by atoms with Gasteiger partial charge in [-0.15, -0.1) is 0 Å². The van der Waals surface area contributed by atoms with Crippen LogP contribution in [0.1, 0.15) is 46.0 Å². The summed E-state index contributed by atoms with van der Waals surface area (Å²) in [6, 6.07) is -0.109. The van der Waals surface area contributed by atoms with E-state index < -0.39 is 15.5 Å². The summed E-state index contributed by atoms with van der Waals surface area (Å²) in [6.45, 7) is 7.93. The van der Waals surface area contributed by atoms with Gasteiger partial charge in [0.15, 0.2) is 5.96 Å². The van der Waals surface area contributed by atoms with E-state index in [1.54, 1.807) is 7.05 Å². The third-order valence-corrected chi connectivity index (χ3v) is 6.30. The molecule has 0 aromatic carbocycles. The van der Waals surface area contributed by atoms with Crippen LogP contribution in [0.15, 0.2) is 4.99 Å². The fourth-order valence-electron chi connectivity index (χ4n) is 3.25. The van der Waals surface area contributed by atoms with E-state index in [1.807, 2.05) is 0 Å². The Labute approximate surface area is 166 Å². The van der Waals surface area contributed by atoms with Crippen molar-refractivity contribution in [1.82, 2.24) is 19.8 Å². The molecule has 0 spiro atoms. The topological polar surface area (TPSA) is 77.0 Å². The van der Waals surface area contributed by atoms with Crippen LogP contribution in [0.2, 0.25) is 0 Å². The molecule has 0 saturated carbocycles. The van der Waals surface area contributed by atoms with Gasteiger partial charge in [0.25, 0.3) is 0 Å². The van der Waals surface area contributed by atoms with Crippen molar-refractivity contribution in [3.63, 3.8) is 0 Å². The van der Waals surface area contributed by atoms with Gasteiger partial charge >= 0.3 is 15.5 Å². The fraction of sp³-hybridized carbons (Fsp3) is 0.941. The lowest BCUT2D eigenvalue weighted by molar-refractivity contribution is -0.0494. The lowest BCUT2D eigenvalue weighted by Crippen LogP contribution is -2.51. The summed E-state index contributed by atoms with van der Waals surface area (Å²) in [7, 11) is -3.60. The highest BCUT2D eigenvalue weighted by molar-refractivity contribution is 7.90. The van der Waals surface area contributed by atoms with Gasteiger partial charge in [-0.2, -0.15) is 17.5 Å². The summed E-state index contributed by atoms with van der Waals surface area (Å²) in [4.78, 5) is 6.57. The van der Waals surface area contributed by atoms with E-state index in [1.165, 1.54) is 0 Å². The fourth-order valence-corrected chi connectivity index (χ4v) is 4.24. The molecule has 0 unspecified atom stereocenters. The van der Waals surface area contributed by atoms with Gasteiger partial charge in [0.2, 0.25) is 0 Å². The molecule has 0 radical (unpaired) electrons. The molecule has 1 fully saturated rings. The first-order chi connectivity index (χ1) is 13.2. The minimum atomic E-state index is -5.24. The summed E-state index contributed by atoms with van der Waals surface area (Å²) in [6.07, 6.45) is 3.81. The molecule has 1 heterocycles. The zero-order valence-corrected chi connectivity index (χ0v) is 17.9. The SMILES string of the molecule is CCCN(CCC)CCCNC(=NC)NC1CCN(S(=O)(=O)C(F)(F)F)CC1. The van der Waals surface area contributed by atoms with Gasteiger partial charge in [-0.25, -0.2) is 8.42 Å². The molecule has 2 N–H and O–H groups in total. The normalized spacial score (nSPS) is 17.9. The zero-order chi connectivity index (χ0) is 21.2. The number of alkyl halides is 3. The number of nitrogens with one attached hydrogen (secondary N) is 2. The minimum Gasteiger partial charge on any atom is -0.356 e. The summed E-state index contributed by atoms with van der Waals surface area (Å²) >= 11 is 0. The molecular weight excluding hydrogens is 395 g/mol. The Morgan fingerprint density at radius 1 is 1.14 bits per heavy atom. The second-order valence-corrected chi connectivity index (χ2v) is 8.89. The van der Waals surface area contributed by atoms with Gasteiger partial charge in [-0.05, 0) is 51.7 Å². The molecule has 11 heteroatoms. The van der Waals surface area contributed by atoms with Crippen LogP contribution in [0.25, 0.3) is 0 Å². The quantitative estimate of drug-likeness (QED) is 0.316. The molecule has 1 rings (SSSR count). The van der Waals surface area contributed by atoms with Gasteiger partial charge in [0, 0.05) is 32.7 Å². The van der Waals surface area contributed by atoms with E-state index in [0.29, 0.717) is 23.1 Å². The summed E-state index contributed by atoms with van der Waals surface area (Å²) < 4.78 is 61.3. The van der Waals surface area contributed by atoms with Crippen molar-refractivity contribution in [1.29, 1.82) is 0 Å². The molecular formula is C17H34F3N5O2S. The third-order valence-electron chi connectivity index (χ3n) is 4.67. The molecule has 0 atom stereocenters. The number of hydrogen-bond donors (Lipinski definition) is 2. The number of piperidine rings is 1. The van der Waals surface area contributed by atoms with Gasteiger partial charge in [0.1, 0.15) is 0 Å². The number of rotatable bonds is 10. The van der Waals surface area contributed by atoms with E-state index in [4.69, 9.17) is 0 Å². The second-order valence-electron chi connectivity index (χ2n) is 6.96. The van der Waals surface area contributed by atoms with Gasteiger partial charge in [-0.1, -0.05) is 13.8 Å². The van der Waals surface area contributed by atoms with Crippen molar-refractivity contribution in [3.8, 4) is 0 Å². The Morgan fingerprint density at radius 2 is 1.71 bits per heavy atom. The van der Waals surface area contributed by atoms with E-state index in [9.17, 15) is 21.6 Å². The van der Waals surface area contributed by atoms with E-state index in [2.05, 4.69) is 34.4 Å². The molecule has 1 saturated heterocycles. The molecule has 166 valence electrons. The van der Waals surface area contributed by atoms with Crippen molar-refractivity contribution in [2.75, 3.05) is 46.3 Å². The lowest BCUT2D eigenvalue weighted by atomic mass is 10.1. The molecule has 1 aliphatic rings. The number of sulfonamides is 1. The maximum atomic E-state index is 12.6. The van der Waals surface area contributed by atoms with Crippen LogP contribution in [0.3, 0.4) is 0 Å². The molecule has 0 bridgehead atoms. The van der Waals surface area contributed by atoms with Crippen molar-refractivity contribution < 1.29 is 21.6 Å². The smallest absolute Gasteiger partial charge is 0.356 e. The Bertz CT molecular complexity index is 570. The third kappa shape index (κ3) is 7.75. The Balaban J connectivity index is 2.37. The van der Waals surface area contributed by atoms with Crippen LogP contribution in [-0.2, 0) is 10.0 Å². The highest BCUT2D eigenvalue weighted by Crippen LogP contribution is 2.28. The van der Waals surface area contributed by atoms with E-state index in [0.717, 1.165) is 45.4 Å². The molecule has 0 amide bonds. The van der Waals surface area contributed by atoms with Crippen LogP contribution in [0.5, 0.6) is 0 Å². The first-order valence-corrected chi connectivity index (χ1v) is 11.4. The van der Waals surface area contributed by atoms with Crippen LogP contribution in [0.4, 0.5) is 13.2 Å². The van der Waals surface area contributed by atoms with Crippen molar-refractivity contribution in [3.05, 3.63) is 0 Å². The lowest BCUT2D eigenvalue weighted by Gasteiger charge is -2.32. The van der Waals surface area contributed by atoms with Gasteiger partial charge < -0.3 is 15.5 Å². The zero-order valence-electron chi connectivity index (χ0n) is 17.1. The highest BCUT2D eigenvalue weighted by atomic mass is 32.2. The minimum absolute atomic E-state index is 0.109. The van der Waals surface area contributed by atoms with Crippen molar-refractivity contribution in [2.24, 2.45) is 4.99 Å². The summed E-state index contributed by atoms with van der Waals surface area (Å²) in [5, 5.41) is 6.40. The van der Waals surface area contributed by atoms with Crippen LogP contribution < -0.4 is 10.6 Å². The maximum absolute atomic E-state index is 12.6. The average molecular weight is 430 g/mol. The number of nitrogens with zero attached hydrogens (tertiary/aromatic N) is 3. The monoisotopic (exact) mass is 429 g/mol. The Kier molecular flexibility index (Phi) is 10.5. The Hall–Kier alpha value is -1.07. The molecule has 28 heavy (non-hydrogen) atoms. The standard InChI is InChI=1S/C17H34F3N5O2S/c1-4-10-24(11-5-2)12-6-9-22-16(21-3)23-15-7-13-25(14-8-15)28(26,27)17(18,19)20/h15H,4-14H2,1-3H3,(H2,21,22,23). The largest absolute Gasteiger partial charge is 0.511 e. The van der Waals surface area contributed by atoms with Crippen LogP contribution in [0, 0.1) is 0 Å². The van der Waals surface area contributed by atoms with Crippen molar-refractivity contribution in [2.45, 2.75) is 57.5 Å². The predicted octanol–water partition coefficient (Wildman–Crippen LogP) is 1.98. The number of guanidine groups is 1. The van der Waals surface area contributed by atoms with Crippen LogP contribution in [-0.4, -0.2) is 81.4 Å². The maximum Gasteiger partial charge on any atom is 0.511 e. The summed E-state index contributed by atoms with van der Waals surface area (Å²) in [5.74, 6) is 0.592. The number of aliphatic imine (C=N–C) groups is 1. The molecule has 1 aliphatic heterocycles. The number of halogens is 3. The molecule has 0 aliphatic carbocycles. The van der Waals surface area contributed by atoms with E-state index in [-0.39, 0.29) is 19.1 Å². The van der Waals surface area contributed by atoms with Crippen molar-refractivity contribution >= 4 is 16.0 Å². The highest BCUT2D eigenvalue weighted by Gasteiger charge is 2.50. The second kappa shape index (κ2) is 11.8. The first-order valence-electron chi connectivity index (χ1n) is 9.91. The van der Waals surface area contributed by atoms with Gasteiger partial charge in [-0.3, -0.25) is 4.99 Å². The summed E-state index contributed by atoms with van der Waals surface area (Å²) in [5.41, 5.74) is -5.24. The number of hydrogen-bond acceptors (Lipinski definition) is 4. The van der Waals surface area contributed by atoms with Gasteiger partial charge in [0.05, 0.1) is 0 Å². The molecule has 0 aromatic rings. The van der Waals surface area contributed by atoms with E-state index >= 15 is 0 Å². The average Bonchev–Trinajstić information content (AvgIpc) is 2.64. The molecule has 7 nitrogen and oxygen atoms in total. The Morgan fingerprint density at radius 3 is 2.18 bits per heavy atom. The predicted molar refractivity (Wildman–Crippen MR) is 106 cm³/mol. The molecule has 0 aromatic heterocycles. The van der Waals surface area contributed by atoms with Crippen LogP contribution >= 0.6 is 0 Å².